The van der Waals surface area contributed by atoms with Crippen molar-refractivity contribution in [2.75, 3.05) is 0 Å². The van der Waals surface area contributed by atoms with E-state index < -0.39 is 0 Å². The number of halogens is 1. The van der Waals surface area contributed by atoms with Crippen LogP contribution >= 0.6 is 15.9 Å². The number of aromatic nitrogens is 2. The van der Waals surface area contributed by atoms with E-state index in [1.165, 1.54) is 24.1 Å². The fourth-order valence-corrected chi connectivity index (χ4v) is 2.39. The van der Waals surface area contributed by atoms with Crippen LogP contribution in [0.25, 0.3) is 0 Å². The summed E-state index contributed by atoms with van der Waals surface area (Å²) in [5, 5.41) is 3.53. The zero-order valence-corrected chi connectivity index (χ0v) is 11.7. The molecular weight excluding hydrogens is 290 g/mol. The third kappa shape index (κ3) is 2.82. The van der Waals surface area contributed by atoms with Gasteiger partial charge in [-0.3, -0.25) is 0 Å². The van der Waals surface area contributed by atoms with Gasteiger partial charge in [0.1, 0.15) is 0 Å². The number of nitrogens with zero attached hydrogens (tertiary/aromatic N) is 2. The Hall–Kier alpha value is -1.13. The van der Waals surface area contributed by atoms with Crippen LogP contribution in [0.2, 0.25) is 0 Å². The molecule has 1 saturated carbocycles. The minimum atomic E-state index is 0.733. The lowest BCUT2D eigenvalue weighted by atomic mass is 10.2. The number of hydrogen-bond acceptors (Lipinski definition) is 2. The van der Waals surface area contributed by atoms with E-state index in [0.29, 0.717) is 0 Å². The van der Waals surface area contributed by atoms with E-state index in [4.69, 9.17) is 0 Å². The van der Waals surface area contributed by atoms with Crippen LogP contribution in [-0.2, 0) is 13.1 Å². The smallest absolute Gasteiger partial charge is 0.0951 e. The van der Waals surface area contributed by atoms with Crippen molar-refractivity contribution >= 4 is 15.9 Å². The van der Waals surface area contributed by atoms with Gasteiger partial charge >= 0.3 is 0 Å². The highest BCUT2D eigenvalue weighted by molar-refractivity contribution is 9.10. The van der Waals surface area contributed by atoms with Crippen molar-refractivity contribution in [1.82, 2.24) is 14.9 Å². The minimum Gasteiger partial charge on any atom is -0.329 e. The Morgan fingerprint density at radius 3 is 2.94 bits per heavy atom. The summed E-state index contributed by atoms with van der Waals surface area (Å²) in [5.74, 6) is 0. The first kappa shape index (κ1) is 11.9. The van der Waals surface area contributed by atoms with Crippen molar-refractivity contribution in [3.8, 4) is 0 Å². The molecule has 1 aliphatic carbocycles. The maximum atomic E-state index is 4.25. The molecule has 1 aliphatic rings. The lowest BCUT2D eigenvalue weighted by Gasteiger charge is -2.10. The molecule has 94 valence electrons. The van der Waals surface area contributed by atoms with E-state index >= 15 is 0 Å². The van der Waals surface area contributed by atoms with Gasteiger partial charge in [0.25, 0.3) is 0 Å². The Labute approximate surface area is 115 Å². The second kappa shape index (κ2) is 5.24. The molecule has 0 spiro atoms. The Morgan fingerprint density at radius 2 is 2.17 bits per heavy atom. The molecule has 0 bridgehead atoms. The highest BCUT2D eigenvalue weighted by atomic mass is 79.9. The highest BCUT2D eigenvalue weighted by Crippen LogP contribution is 2.20. The summed E-state index contributed by atoms with van der Waals surface area (Å²) >= 11 is 3.59. The van der Waals surface area contributed by atoms with Crippen LogP contribution in [0.5, 0.6) is 0 Å². The first-order valence-corrected chi connectivity index (χ1v) is 7.08. The lowest BCUT2D eigenvalue weighted by molar-refractivity contribution is 0.634. The van der Waals surface area contributed by atoms with Gasteiger partial charge in [0, 0.05) is 29.8 Å². The molecule has 3 nitrogen and oxygen atoms in total. The van der Waals surface area contributed by atoms with Gasteiger partial charge < -0.3 is 9.88 Å². The topological polar surface area (TPSA) is 29.9 Å². The Kier molecular flexibility index (Phi) is 3.48. The van der Waals surface area contributed by atoms with Crippen molar-refractivity contribution in [1.29, 1.82) is 0 Å². The number of nitrogens with one attached hydrogen (secondary N) is 1. The molecule has 1 heterocycles. The molecule has 1 N–H and O–H groups in total. The summed E-state index contributed by atoms with van der Waals surface area (Å²) in [6.07, 6.45) is 6.49. The monoisotopic (exact) mass is 305 g/mol. The number of hydrogen-bond donors (Lipinski definition) is 1. The minimum absolute atomic E-state index is 0.733. The molecule has 2 aromatic rings. The first-order chi connectivity index (χ1) is 8.83. The van der Waals surface area contributed by atoms with Gasteiger partial charge in [0.05, 0.1) is 12.0 Å². The van der Waals surface area contributed by atoms with Gasteiger partial charge in [-0.1, -0.05) is 34.1 Å². The zero-order valence-electron chi connectivity index (χ0n) is 10.1. The van der Waals surface area contributed by atoms with E-state index in [9.17, 15) is 0 Å². The Balaban J connectivity index is 1.71. The molecule has 0 atom stereocenters. The standard InChI is InChI=1S/C14H16BrN3/c15-14-4-2-1-3-11(14)9-18-10-16-7-13(18)8-17-12-5-6-12/h1-4,7,10,12,17H,5-6,8-9H2. The molecule has 0 amide bonds. The number of imidazole rings is 1. The van der Waals surface area contributed by atoms with Crippen LogP contribution in [0.15, 0.2) is 41.3 Å². The zero-order chi connectivity index (χ0) is 12.4. The van der Waals surface area contributed by atoms with Gasteiger partial charge in [0.15, 0.2) is 0 Å². The normalized spacial score (nSPS) is 14.9. The molecule has 0 radical (unpaired) electrons. The molecule has 4 heteroatoms. The summed E-state index contributed by atoms with van der Waals surface area (Å²) in [7, 11) is 0. The SMILES string of the molecule is Brc1ccccc1Cn1cncc1CNC1CC1. The van der Waals surface area contributed by atoms with Gasteiger partial charge in [-0.2, -0.15) is 0 Å². The summed E-state index contributed by atoms with van der Waals surface area (Å²) in [5.41, 5.74) is 2.53. The molecule has 3 rings (SSSR count). The van der Waals surface area contributed by atoms with Crippen LogP contribution in [-0.4, -0.2) is 15.6 Å². The first-order valence-electron chi connectivity index (χ1n) is 6.29. The van der Waals surface area contributed by atoms with E-state index in [0.717, 1.165) is 23.6 Å². The maximum absolute atomic E-state index is 4.25. The fraction of sp³-hybridized carbons (Fsp3) is 0.357. The molecule has 18 heavy (non-hydrogen) atoms. The molecule has 1 fully saturated rings. The van der Waals surface area contributed by atoms with Crippen LogP contribution in [0, 0.1) is 0 Å². The third-order valence-corrected chi connectivity index (χ3v) is 4.02. The third-order valence-electron chi connectivity index (χ3n) is 3.25. The molecule has 1 aromatic heterocycles. The summed E-state index contributed by atoms with van der Waals surface area (Å²) < 4.78 is 3.36. The van der Waals surface area contributed by atoms with Crippen LogP contribution in [0.3, 0.4) is 0 Å². The summed E-state index contributed by atoms with van der Waals surface area (Å²) in [4.78, 5) is 4.25. The van der Waals surface area contributed by atoms with Crippen molar-refractivity contribution in [3.63, 3.8) is 0 Å². The van der Waals surface area contributed by atoms with Gasteiger partial charge in [-0.25, -0.2) is 4.98 Å². The van der Waals surface area contributed by atoms with Crippen LogP contribution in [0.1, 0.15) is 24.1 Å². The quantitative estimate of drug-likeness (QED) is 0.920. The largest absolute Gasteiger partial charge is 0.329 e. The van der Waals surface area contributed by atoms with Crippen molar-refractivity contribution in [2.24, 2.45) is 0 Å². The molecule has 1 aromatic carbocycles. The Bertz CT molecular complexity index is 531. The van der Waals surface area contributed by atoms with Crippen molar-refractivity contribution in [3.05, 3.63) is 52.5 Å². The van der Waals surface area contributed by atoms with Gasteiger partial charge in [0.2, 0.25) is 0 Å². The molecule has 0 saturated heterocycles. The molecule has 0 unspecified atom stereocenters. The predicted octanol–water partition coefficient (Wildman–Crippen LogP) is 2.95. The second-order valence-corrected chi connectivity index (χ2v) is 5.61. The Morgan fingerprint density at radius 1 is 1.33 bits per heavy atom. The maximum Gasteiger partial charge on any atom is 0.0951 e. The average molecular weight is 306 g/mol. The number of rotatable bonds is 5. The summed E-state index contributed by atoms with van der Waals surface area (Å²) in [6.45, 7) is 1.78. The van der Waals surface area contributed by atoms with Crippen molar-refractivity contribution < 1.29 is 0 Å². The van der Waals surface area contributed by atoms with E-state index in [1.807, 2.05) is 18.6 Å². The average Bonchev–Trinajstić information content (AvgIpc) is 3.10. The van der Waals surface area contributed by atoms with Gasteiger partial charge in [-0.05, 0) is 24.5 Å². The van der Waals surface area contributed by atoms with E-state index in [-0.39, 0.29) is 0 Å². The van der Waals surface area contributed by atoms with Gasteiger partial charge in [-0.15, -0.1) is 0 Å². The number of benzene rings is 1. The molecular formula is C14H16BrN3. The van der Waals surface area contributed by atoms with E-state index in [2.05, 4.69) is 49.0 Å². The second-order valence-electron chi connectivity index (χ2n) is 4.76. The van der Waals surface area contributed by atoms with Crippen LogP contribution < -0.4 is 5.32 Å². The highest BCUT2D eigenvalue weighted by Gasteiger charge is 2.20. The lowest BCUT2D eigenvalue weighted by Crippen LogP contribution is -2.18. The van der Waals surface area contributed by atoms with Crippen LogP contribution in [0.4, 0.5) is 0 Å². The fourth-order valence-electron chi connectivity index (χ4n) is 1.98. The summed E-state index contributed by atoms with van der Waals surface area (Å²) in [6, 6.07) is 9.06. The van der Waals surface area contributed by atoms with E-state index in [1.54, 1.807) is 0 Å². The molecule has 0 aliphatic heterocycles. The van der Waals surface area contributed by atoms with Crippen molar-refractivity contribution in [2.45, 2.75) is 32.0 Å². The predicted molar refractivity (Wildman–Crippen MR) is 75.3 cm³/mol.